The Morgan fingerprint density at radius 3 is 2.35 bits per heavy atom. The molecule has 0 unspecified atom stereocenters. The van der Waals surface area contributed by atoms with Crippen LogP contribution in [0.5, 0.6) is 5.75 Å². The molecule has 1 aromatic carbocycles. The topological polar surface area (TPSA) is 21.3 Å². The van der Waals surface area contributed by atoms with Crippen LogP contribution >= 0.6 is 0 Å². The number of ether oxygens (including phenoxy) is 1. The molecule has 0 aromatic heterocycles. The van der Waals surface area contributed by atoms with E-state index >= 15 is 0 Å². The number of nitrogens with one attached hydrogen (secondary N) is 1. The Balaban J connectivity index is 1.69. The molecule has 2 rings (SSSR count). The lowest BCUT2D eigenvalue weighted by atomic mass is 9.83. The van der Waals surface area contributed by atoms with Gasteiger partial charge in [0.25, 0.3) is 0 Å². The van der Waals surface area contributed by atoms with Gasteiger partial charge in [0, 0.05) is 6.54 Å². The van der Waals surface area contributed by atoms with Gasteiger partial charge in [0.2, 0.25) is 0 Å². The summed E-state index contributed by atoms with van der Waals surface area (Å²) in [7, 11) is 0. The maximum atomic E-state index is 5.66. The molecule has 1 aliphatic rings. The average molecular weight is 275 g/mol. The molecule has 0 bridgehead atoms. The fourth-order valence-corrected chi connectivity index (χ4v) is 2.91. The van der Waals surface area contributed by atoms with E-state index in [2.05, 4.69) is 50.4 Å². The highest BCUT2D eigenvalue weighted by atomic mass is 16.5. The van der Waals surface area contributed by atoms with Crippen molar-refractivity contribution in [1.29, 1.82) is 0 Å². The second-order valence-corrected chi connectivity index (χ2v) is 6.57. The fourth-order valence-electron chi connectivity index (χ4n) is 2.91. The van der Waals surface area contributed by atoms with Crippen molar-refractivity contribution in [3.63, 3.8) is 0 Å². The quantitative estimate of drug-likeness (QED) is 0.831. The number of hydrogen-bond donors (Lipinski definition) is 1. The maximum absolute atomic E-state index is 5.66. The first-order valence-electron chi connectivity index (χ1n) is 8.10. The summed E-state index contributed by atoms with van der Waals surface area (Å²) in [5.74, 6) is 2.79. The van der Waals surface area contributed by atoms with Crippen molar-refractivity contribution in [2.24, 2.45) is 11.8 Å². The third-order valence-corrected chi connectivity index (χ3v) is 4.19. The van der Waals surface area contributed by atoms with Crippen LogP contribution < -0.4 is 10.1 Å². The van der Waals surface area contributed by atoms with E-state index < -0.39 is 0 Å². The largest absolute Gasteiger partial charge is 0.491 e. The van der Waals surface area contributed by atoms with Gasteiger partial charge < -0.3 is 10.1 Å². The molecule has 1 fully saturated rings. The first-order valence-corrected chi connectivity index (χ1v) is 8.10. The van der Waals surface area contributed by atoms with Crippen molar-refractivity contribution in [2.45, 2.75) is 59.1 Å². The molecule has 0 heterocycles. The molecule has 0 aliphatic heterocycles. The van der Waals surface area contributed by atoms with Gasteiger partial charge in [0.05, 0.1) is 6.10 Å². The third kappa shape index (κ3) is 5.16. The normalized spacial score (nSPS) is 23.0. The molecule has 112 valence electrons. The fraction of sp³-hybridized carbons (Fsp3) is 0.667. The summed E-state index contributed by atoms with van der Waals surface area (Å²) in [6, 6.07) is 8.46. The second kappa shape index (κ2) is 7.68. The van der Waals surface area contributed by atoms with Gasteiger partial charge in [-0.15, -0.1) is 0 Å². The number of benzene rings is 1. The Morgan fingerprint density at radius 1 is 1.10 bits per heavy atom. The summed E-state index contributed by atoms with van der Waals surface area (Å²) in [5.41, 5.74) is 1.34. The summed E-state index contributed by atoms with van der Waals surface area (Å²) >= 11 is 0. The van der Waals surface area contributed by atoms with E-state index in [0.717, 1.165) is 30.7 Å². The van der Waals surface area contributed by atoms with E-state index in [9.17, 15) is 0 Å². The molecule has 1 aromatic rings. The summed E-state index contributed by atoms with van der Waals surface area (Å²) in [5, 5.41) is 3.61. The standard InChI is InChI=1S/C18H29NO/c1-14(2)20-18-10-8-17(9-11-18)13-19-12-16-6-4-15(3)5-7-16/h8-11,14-16,19H,4-7,12-13H2,1-3H3. The summed E-state index contributed by atoms with van der Waals surface area (Å²) in [4.78, 5) is 0. The molecule has 0 radical (unpaired) electrons. The van der Waals surface area contributed by atoms with E-state index in [4.69, 9.17) is 4.74 Å². The van der Waals surface area contributed by atoms with E-state index in [1.165, 1.54) is 31.2 Å². The first kappa shape index (κ1) is 15.4. The maximum Gasteiger partial charge on any atom is 0.119 e. The van der Waals surface area contributed by atoms with Crippen LogP contribution in [0.1, 0.15) is 52.0 Å². The molecular weight excluding hydrogens is 246 g/mol. The molecule has 1 aliphatic carbocycles. The van der Waals surface area contributed by atoms with Gasteiger partial charge in [-0.1, -0.05) is 31.9 Å². The van der Waals surface area contributed by atoms with E-state index in [1.807, 2.05) is 0 Å². The van der Waals surface area contributed by atoms with Crippen LogP contribution in [0.3, 0.4) is 0 Å². The zero-order valence-electron chi connectivity index (χ0n) is 13.2. The minimum atomic E-state index is 0.243. The SMILES string of the molecule is CC1CCC(CNCc2ccc(OC(C)C)cc2)CC1. The molecule has 2 heteroatoms. The Morgan fingerprint density at radius 2 is 1.75 bits per heavy atom. The lowest BCUT2D eigenvalue weighted by Crippen LogP contribution is -2.25. The summed E-state index contributed by atoms with van der Waals surface area (Å²) < 4.78 is 5.66. The highest BCUT2D eigenvalue weighted by Crippen LogP contribution is 2.27. The van der Waals surface area contributed by atoms with Crippen LogP contribution in [0.15, 0.2) is 24.3 Å². The van der Waals surface area contributed by atoms with Gasteiger partial charge in [-0.3, -0.25) is 0 Å². The van der Waals surface area contributed by atoms with Crippen LogP contribution in [-0.2, 0) is 6.54 Å². The Hall–Kier alpha value is -1.02. The van der Waals surface area contributed by atoms with Gasteiger partial charge in [-0.25, -0.2) is 0 Å². The van der Waals surface area contributed by atoms with Crippen LogP contribution in [0.4, 0.5) is 0 Å². The average Bonchev–Trinajstić information content (AvgIpc) is 2.42. The Kier molecular flexibility index (Phi) is 5.90. The monoisotopic (exact) mass is 275 g/mol. The minimum absolute atomic E-state index is 0.243. The van der Waals surface area contributed by atoms with Crippen LogP contribution in [-0.4, -0.2) is 12.6 Å². The molecular formula is C18H29NO. The molecule has 1 N–H and O–H groups in total. The lowest BCUT2D eigenvalue weighted by molar-refractivity contribution is 0.242. The zero-order chi connectivity index (χ0) is 14.4. The van der Waals surface area contributed by atoms with Crippen LogP contribution in [0.25, 0.3) is 0 Å². The third-order valence-electron chi connectivity index (χ3n) is 4.19. The summed E-state index contributed by atoms with van der Waals surface area (Å²) in [6.07, 6.45) is 5.86. The van der Waals surface area contributed by atoms with Crippen molar-refractivity contribution >= 4 is 0 Å². The predicted octanol–water partition coefficient (Wildman–Crippen LogP) is 4.39. The molecule has 0 amide bonds. The van der Waals surface area contributed by atoms with E-state index in [1.54, 1.807) is 0 Å². The zero-order valence-corrected chi connectivity index (χ0v) is 13.2. The van der Waals surface area contributed by atoms with E-state index in [0.29, 0.717) is 0 Å². The Bertz CT molecular complexity index is 377. The van der Waals surface area contributed by atoms with Crippen molar-refractivity contribution < 1.29 is 4.74 Å². The molecule has 0 atom stereocenters. The highest BCUT2D eigenvalue weighted by molar-refractivity contribution is 5.27. The molecule has 0 saturated heterocycles. The first-order chi connectivity index (χ1) is 9.63. The Labute approximate surface area is 123 Å². The smallest absolute Gasteiger partial charge is 0.119 e. The molecule has 2 nitrogen and oxygen atoms in total. The van der Waals surface area contributed by atoms with Gasteiger partial charge in [0.15, 0.2) is 0 Å². The molecule has 0 spiro atoms. The molecule has 1 saturated carbocycles. The van der Waals surface area contributed by atoms with Crippen molar-refractivity contribution in [3.05, 3.63) is 29.8 Å². The van der Waals surface area contributed by atoms with Gasteiger partial charge in [0.1, 0.15) is 5.75 Å². The molecule has 20 heavy (non-hydrogen) atoms. The summed E-state index contributed by atoms with van der Waals surface area (Å²) in [6.45, 7) is 8.62. The minimum Gasteiger partial charge on any atom is -0.491 e. The number of rotatable bonds is 6. The number of hydrogen-bond acceptors (Lipinski definition) is 2. The second-order valence-electron chi connectivity index (χ2n) is 6.57. The van der Waals surface area contributed by atoms with E-state index in [-0.39, 0.29) is 6.10 Å². The van der Waals surface area contributed by atoms with Crippen molar-refractivity contribution in [1.82, 2.24) is 5.32 Å². The van der Waals surface area contributed by atoms with Crippen LogP contribution in [0.2, 0.25) is 0 Å². The van der Waals surface area contributed by atoms with Gasteiger partial charge in [-0.2, -0.15) is 0 Å². The predicted molar refractivity (Wildman–Crippen MR) is 85.0 cm³/mol. The van der Waals surface area contributed by atoms with Crippen LogP contribution in [0, 0.1) is 11.8 Å². The van der Waals surface area contributed by atoms with Crippen molar-refractivity contribution in [3.8, 4) is 5.75 Å². The van der Waals surface area contributed by atoms with Gasteiger partial charge in [-0.05, 0) is 62.8 Å². The van der Waals surface area contributed by atoms with Gasteiger partial charge >= 0.3 is 0 Å². The lowest BCUT2D eigenvalue weighted by Gasteiger charge is -2.26. The van der Waals surface area contributed by atoms with Crippen molar-refractivity contribution in [2.75, 3.05) is 6.54 Å². The highest BCUT2D eigenvalue weighted by Gasteiger charge is 2.17.